The van der Waals surface area contributed by atoms with Gasteiger partial charge in [-0.05, 0) is 37.3 Å². The van der Waals surface area contributed by atoms with E-state index in [9.17, 15) is 14.0 Å². The molecule has 2 N–H and O–H groups in total. The molecule has 31 heavy (non-hydrogen) atoms. The van der Waals surface area contributed by atoms with E-state index in [2.05, 4.69) is 15.6 Å². The van der Waals surface area contributed by atoms with Gasteiger partial charge in [-0.25, -0.2) is 4.39 Å². The number of aromatic nitrogens is 2. The zero-order chi connectivity index (χ0) is 21.8. The van der Waals surface area contributed by atoms with E-state index in [1.165, 1.54) is 12.3 Å². The van der Waals surface area contributed by atoms with Gasteiger partial charge in [0, 0.05) is 18.3 Å². The number of nitrogens with one attached hydrogen (secondary N) is 2. The van der Waals surface area contributed by atoms with E-state index in [-0.39, 0.29) is 23.5 Å². The molecular formula is C24H25FN4O2. The zero-order valence-electron chi connectivity index (χ0n) is 17.4. The highest BCUT2D eigenvalue weighted by Gasteiger charge is 2.26. The van der Waals surface area contributed by atoms with Crippen LogP contribution in [0.2, 0.25) is 0 Å². The van der Waals surface area contributed by atoms with Gasteiger partial charge in [-0.3, -0.25) is 14.6 Å². The minimum absolute atomic E-state index is 0.108. The van der Waals surface area contributed by atoms with Crippen LogP contribution in [-0.4, -0.2) is 21.4 Å². The van der Waals surface area contributed by atoms with Crippen LogP contribution in [0.4, 0.5) is 10.1 Å². The van der Waals surface area contributed by atoms with E-state index in [0.717, 1.165) is 43.1 Å². The van der Waals surface area contributed by atoms with Crippen LogP contribution in [0.15, 0.2) is 54.9 Å². The number of amides is 2. The number of hydrogen-bond acceptors (Lipinski definition) is 3. The van der Waals surface area contributed by atoms with E-state index in [4.69, 9.17) is 0 Å². The standard InChI is InChI=1S/C24H25FN4O2/c1-2-20(16-8-4-3-5-9-16)28-23(30)19-13-22(29-11-7-6-10-21(19)29)24(31)27-18-12-17(25)14-26-15-18/h3-5,8-9,12-15,20H,2,6-7,10-11H2,1H3,(H,27,31)(H,28,30)/t20-/m1/s1. The number of rotatable bonds is 6. The summed E-state index contributed by atoms with van der Waals surface area (Å²) < 4.78 is 15.3. The molecule has 0 spiro atoms. The third-order valence-corrected chi connectivity index (χ3v) is 5.61. The van der Waals surface area contributed by atoms with Crippen molar-refractivity contribution in [2.45, 2.75) is 45.2 Å². The molecule has 7 heteroatoms. The number of halogens is 1. The fourth-order valence-corrected chi connectivity index (χ4v) is 4.08. The molecule has 1 aliphatic heterocycles. The second-order valence-electron chi connectivity index (χ2n) is 7.69. The van der Waals surface area contributed by atoms with Crippen molar-refractivity contribution in [2.75, 3.05) is 5.32 Å². The number of hydrogen-bond donors (Lipinski definition) is 2. The Kier molecular flexibility index (Phi) is 6.11. The number of carbonyl (C=O) groups is 2. The van der Waals surface area contributed by atoms with Crippen LogP contribution in [0.25, 0.3) is 0 Å². The molecule has 0 aliphatic carbocycles. The number of anilines is 1. The van der Waals surface area contributed by atoms with Crippen LogP contribution >= 0.6 is 0 Å². The summed E-state index contributed by atoms with van der Waals surface area (Å²) in [6, 6.07) is 12.6. The first-order chi connectivity index (χ1) is 15.1. The van der Waals surface area contributed by atoms with Crippen LogP contribution in [0.3, 0.4) is 0 Å². The minimum atomic E-state index is -0.526. The molecule has 0 saturated heterocycles. The van der Waals surface area contributed by atoms with E-state index in [1.807, 2.05) is 41.8 Å². The Morgan fingerprint density at radius 2 is 1.94 bits per heavy atom. The lowest BCUT2D eigenvalue weighted by molar-refractivity contribution is 0.0933. The first-order valence-electron chi connectivity index (χ1n) is 10.6. The molecule has 3 aromatic rings. The van der Waals surface area contributed by atoms with E-state index < -0.39 is 5.82 Å². The summed E-state index contributed by atoms with van der Waals surface area (Å²) in [7, 11) is 0. The Hall–Kier alpha value is -3.48. The van der Waals surface area contributed by atoms with Crippen LogP contribution < -0.4 is 10.6 Å². The molecule has 0 fully saturated rings. The zero-order valence-corrected chi connectivity index (χ0v) is 17.4. The maximum Gasteiger partial charge on any atom is 0.272 e. The lowest BCUT2D eigenvalue weighted by atomic mass is 10.0. The van der Waals surface area contributed by atoms with Gasteiger partial charge in [0.15, 0.2) is 0 Å². The second-order valence-corrected chi connectivity index (χ2v) is 7.69. The van der Waals surface area contributed by atoms with Crippen LogP contribution in [0.5, 0.6) is 0 Å². The highest BCUT2D eigenvalue weighted by Crippen LogP contribution is 2.26. The van der Waals surface area contributed by atoms with Crippen molar-refractivity contribution < 1.29 is 14.0 Å². The molecule has 0 unspecified atom stereocenters. The first kappa shape index (κ1) is 20.8. The lowest BCUT2D eigenvalue weighted by Gasteiger charge is -2.20. The summed E-state index contributed by atoms with van der Waals surface area (Å²) in [6.45, 7) is 2.70. The predicted molar refractivity (Wildman–Crippen MR) is 116 cm³/mol. The molecule has 4 rings (SSSR count). The average Bonchev–Trinajstić information content (AvgIpc) is 3.18. The van der Waals surface area contributed by atoms with Crippen molar-refractivity contribution in [2.24, 2.45) is 0 Å². The molecule has 1 aromatic carbocycles. The normalized spacial score (nSPS) is 13.9. The van der Waals surface area contributed by atoms with Gasteiger partial charge in [0.2, 0.25) is 0 Å². The Morgan fingerprint density at radius 1 is 1.13 bits per heavy atom. The Balaban J connectivity index is 1.60. The molecule has 0 saturated carbocycles. The van der Waals surface area contributed by atoms with Gasteiger partial charge < -0.3 is 15.2 Å². The number of fused-ring (bicyclic) bond motifs is 1. The summed E-state index contributed by atoms with van der Waals surface area (Å²) in [5, 5.41) is 5.80. The molecule has 6 nitrogen and oxygen atoms in total. The molecule has 160 valence electrons. The fourth-order valence-electron chi connectivity index (χ4n) is 4.08. The smallest absolute Gasteiger partial charge is 0.272 e. The van der Waals surface area contributed by atoms with Gasteiger partial charge >= 0.3 is 0 Å². The molecule has 2 aromatic heterocycles. The van der Waals surface area contributed by atoms with Crippen molar-refractivity contribution >= 4 is 17.5 Å². The second kappa shape index (κ2) is 9.12. The SMILES string of the molecule is CC[C@@H](NC(=O)c1cc(C(=O)Nc2cncc(F)c2)n2c1CCCC2)c1ccccc1. The van der Waals surface area contributed by atoms with Crippen molar-refractivity contribution in [3.8, 4) is 0 Å². The van der Waals surface area contributed by atoms with Crippen molar-refractivity contribution in [3.63, 3.8) is 0 Å². The third-order valence-electron chi connectivity index (χ3n) is 5.61. The quantitative estimate of drug-likeness (QED) is 0.617. The van der Waals surface area contributed by atoms with E-state index in [0.29, 0.717) is 17.8 Å². The number of carbonyl (C=O) groups excluding carboxylic acids is 2. The van der Waals surface area contributed by atoms with Crippen molar-refractivity contribution in [1.29, 1.82) is 0 Å². The summed E-state index contributed by atoms with van der Waals surface area (Å²) in [5.41, 5.74) is 3.11. The molecule has 2 amide bonds. The molecule has 0 bridgehead atoms. The average molecular weight is 420 g/mol. The maximum absolute atomic E-state index is 13.4. The first-order valence-corrected chi connectivity index (χ1v) is 10.6. The number of nitrogens with zero attached hydrogens (tertiary/aromatic N) is 2. The highest BCUT2D eigenvalue weighted by molar-refractivity contribution is 6.06. The molecule has 1 aliphatic rings. The largest absolute Gasteiger partial charge is 0.345 e. The summed E-state index contributed by atoms with van der Waals surface area (Å²) >= 11 is 0. The van der Waals surface area contributed by atoms with E-state index >= 15 is 0 Å². The Morgan fingerprint density at radius 3 is 2.68 bits per heavy atom. The van der Waals surface area contributed by atoms with Gasteiger partial charge in [0.05, 0.1) is 29.7 Å². The number of benzene rings is 1. The maximum atomic E-state index is 13.4. The fraction of sp³-hybridized carbons (Fsp3) is 0.292. The molecule has 3 heterocycles. The van der Waals surface area contributed by atoms with E-state index in [1.54, 1.807) is 6.07 Å². The lowest BCUT2D eigenvalue weighted by Crippen LogP contribution is -2.29. The van der Waals surface area contributed by atoms with Gasteiger partial charge in [-0.2, -0.15) is 0 Å². The highest BCUT2D eigenvalue weighted by atomic mass is 19.1. The van der Waals surface area contributed by atoms with Crippen LogP contribution in [0.1, 0.15) is 64.3 Å². The Labute approximate surface area is 180 Å². The summed E-state index contributed by atoms with van der Waals surface area (Å²) in [4.78, 5) is 29.9. The molecular weight excluding hydrogens is 395 g/mol. The predicted octanol–water partition coefficient (Wildman–Crippen LogP) is 4.49. The summed E-state index contributed by atoms with van der Waals surface area (Å²) in [6.07, 6.45) is 5.86. The van der Waals surface area contributed by atoms with Crippen molar-refractivity contribution in [3.05, 3.63) is 83.2 Å². The minimum Gasteiger partial charge on any atom is -0.345 e. The van der Waals surface area contributed by atoms with Gasteiger partial charge in [0.25, 0.3) is 11.8 Å². The summed E-state index contributed by atoms with van der Waals surface area (Å²) in [5.74, 6) is -1.10. The topological polar surface area (TPSA) is 76.0 Å². The van der Waals surface area contributed by atoms with Crippen LogP contribution in [-0.2, 0) is 13.0 Å². The molecule has 1 atom stereocenters. The number of pyridine rings is 1. The van der Waals surface area contributed by atoms with Gasteiger partial charge in [-0.1, -0.05) is 37.3 Å². The Bertz CT molecular complexity index is 1090. The van der Waals surface area contributed by atoms with Gasteiger partial charge in [-0.15, -0.1) is 0 Å². The van der Waals surface area contributed by atoms with Crippen molar-refractivity contribution in [1.82, 2.24) is 14.9 Å². The molecule has 0 radical (unpaired) electrons. The monoisotopic (exact) mass is 420 g/mol. The third kappa shape index (κ3) is 4.50. The van der Waals surface area contributed by atoms with Crippen LogP contribution in [0, 0.1) is 5.82 Å². The van der Waals surface area contributed by atoms with Gasteiger partial charge in [0.1, 0.15) is 11.5 Å².